The number of rotatable bonds is 2. The summed E-state index contributed by atoms with van der Waals surface area (Å²) in [7, 11) is 0. The largest absolute Gasteiger partial charge is 0.490 e. The molecule has 9 nitrogen and oxygen atoms in total. The molecule has 15 heteroatoms. The second kappa shape index (κ2) is 12.5. The van der Waals surface area contributed by atoms with E-state index >= 15 is 0 Å². The highest BCUT2D eigenvalue weighted by Crippen LogP contribution is 2.42. The Morgan fingerprint density at radius 3 is 1.78 bits per heavy atom. The number of piperidine rings is 1. The molecular formula is C21H28F6N4O5. The number of anilines is 1. The number of hydrogen-bond donors (Lipinski definition) is 2. The highest BCUT2D eigenvalue weighted by molar-refractivity contribution is 5.73. The van der Waals surface area contributed by atoms with Gasteiger partial charge in [-0.2, -0.15) is 26.3 Å². The van der Waals surface area contributed by atoms with Gasteiger partial charge in [0.05, 0.1) is 0 Å². The van der Waals surface area contributed by atoms with Crippen LogP contribution in [0, 0.1) is 5.41 Å². The Morgan fingerprint density at radius 2 is 1.33 bits per heavy atom. The Hall–Kier alpha value is -2.68. The molecule has 36 heavy (non-hydrogen) atoms. The topological polar surface area (TPSA) is 116 Å². The fourth-order valence-electron chi connectivity index (χ4n) is 4.38. The molecular weight excluding hydrogens is 502 g/mol. The van der Waals surface area contributed by atoms with Crippen molar-refractivity contribution >= 4 is 17.9 Å². The number of carbonyl (C=O) groups is 2. The van der Waals surface area contributed by atoms with Crippen LogP contribution in [0.15, 0.2) is 18.5 Å². The van der Waals surface area contributed by atoms with E-state index in [1.54, 1.807) is 0 Å². The van der Waals surface area contributed by atoms with Crippen LogP contribution in [0.4, 0.5) is 32.3 Å². The first-order valence-electron chi connectivity index (χ1n) is 11.2. The van der Waals surface area contributed by atoms with Crippen LogP contribution in [0.25, 0.3) is 0 Å². The molecule has 1 aromatic heterocycles. The van der Waals surface area contributed by atoms with Crippen molar-refractivity contribution < 1.29 is 50.9 Å². The summed E-state index contributed by atoms with van der Waals surface area (Å²) in [5, 5.41) is 14.2. The zero-order valence-corrected chi connectivity index (χ0v) is 19.3. The van der Waals surface area contributed by atoms with Crippen LogP contribution in [0.2, 0.25) is 0 Å². The molecule has 2 N–H and O–H groups in total. The van der Waals surface area contributed by atoms with E-state index < -0.39 is 24.3 Å². The van der Waals surface area contributed by atoms with E-state index in [9.17, 15) is 26.3 Å². The molecule has 3 fully saturated rings. The molecule has 0 atom stereocenters. The predicted molar refractivity (Wildman–Crippen MR) is 113 cm³/mol. The average molecular weight is 530 g/mol. The molecule has 0 amide bonds. The van der Waals surface area contributed by atoms with Crippen LogP contribution in [0.5, 0.6) is 0 Å². The standard InChI is InChI=1S/C17H26N4O.2C2HF3O2/c1-7-18-16(19-8-1)21-11-6-17(14-21)4-9-20(10-5-17)15-2-12-22-13-3-15;2*3-2(4,5)1(6)7/h1,7-8,15H,2-6,9-14H2;2*(H,6,7). The highest BCUT2D eigenvalue weighted by atomic mass is 19.4. The molecule has 3 aliphatic heterocycles. The van der Waals surface area contributed by atoms with Crippen LogP contribution in [-0.4, -0.2) is 94.8 Å². The number of aliphatic carboxylic acids is 2. The Balaban J connectivity index is 0.000000271. The monoisotopic (exact) mass is 530 g/mol. The van der Waals surface area contributed by atoms with Crippen LogP contribution in [0.1, 0.15) is 32.1 Å². The van der Waals surface area contributed by atoms with Gasteiger partial charge in [0.2, 0.25) is 5.95 Å². The van der Waals surface area contributed by atoms with Crippen molar-refractivity contribution in [3.8, 4) is 0 Å². The number of hydrogen-bond acceptors (Lipinski definition) is 7. The lowest BCUT2D eigenvalue weighted by atomic mass is 9.77. The minimum Gasteiger partial charge on any atom is -0.475 e. The van der Waals surface area contributed by atoms with Gasteiger partial charge in [-0.25, -0.2) is 19.6 Å². The van der Waals surface area contributed by atoms with Crippen LogP contribution < -0.4 is 4.90 Å². The summed E-state index contributed by atoms with van der Waals surface area (Å²) >= 11 is 0. The summed E-state index contributed by atoms with van der Waals surface area (Å²) < 4.78 is 69.0. The van der Waals surface area contributed by atoms with Gasteiger partial charge in [-0.15, -0.1) is 0 Å². The van der Waals surface area contributed by atoms with Crippen LogP contribution in [-0.2, 0) is 14.3 Å². The number of alkyl halides is 6. The lowest BCUT2D eigenvalue weighted by molar-refractivity contribution is -0.193. The van der Waals surface area contributed by atoms with Gasteiger partial charge in [0, 0.05) is 44.7 Å². The normalized spacial score (nSPS) is 20.7. The predicted octanol–water partition coefficient (Wildman–Crippen LogP) is 3.21. The van der Waals surface area contributed by atoms with E-state index in [0.29, 0.717) is 5.41 Å². The van der Waals surface area contributed by atoms with E-state index in [1.807, 2.05) is 18.5 Å². The average Bonchev–Trinajstić information content (AvgIpc) is 3.24. The molecule has 4 heterocycles. The minimum absolute atomic E-state index is 0.501. The Morgan fingerprint density at radius 1 is 0.889 bits per heavy atom. The molecule has 0 aliphatic carbocycles. The molecule has 0 unspecified atom stereocenters. The van der Waals surface area contributed by atoms with E-state index in [0.717, 1.165) is 38.3 Å². The van der Waals surface area contributed by atoms with Gasteiger partial charge in [0.15, 0.2) is 0 Å². The van der Waals surface area contributed by atoms with Gasteiger partial charge >= 0.3 is 24.3 Å². The zero-order chi connectivity index (χ0) is 27.0. The molecule has 1 spiro atoms. The third-order valence-electron chi connectivity index (χ3n) is 6.32. The van der Waals surface area contributed by atoms with Crippen molar-refractivity contribution in [2.45, 2.75) is 50.5 Å². The second-order valence-corrected chi connectivity index (χ2v) is 8.71. The highest BCUT2D eigenvalue weighted by Gasteiger charge is 2.42. The van der Waals surface area contributed by atoms with Crippen molar-refractivity contribution in [3.63, 3.8) is 0 Å². The lowest BCUT2D eigenvalue weighted by Crippen LogP contribution is -2.47. The number of aromatic nitrogens is 2. The maximum atomic E-state index is 10.6. The van der Waals surface area contributed by atoms with Crippen molar-refractivity contribution in [2.24, 2.45) is 5.41 Å². The van der Waals surface area contributed by atoms with Gasteiger partial charge in [0.1, 0.15) is 0 Å². The number of nitrogens with zero attached hydrogens (tertiary/aromatic N) is 4. The maximum absolute atomic E-state index is 10.6. The third-order valence-corrected chi connectivity index (χ3v) is 6.32. The van der Waals surface area contributed by atoms with E-state index in [-0.39, 0.29) is 0 Å². The van der Waals surface area contributed by atoms with Crippen molar-refractivity contribution in [3.05, 3.63) is 18.5 Å². The number of likely N-dealkylation sites (tertiary alicyclic amines) is 1. The maximum Gasteiger partial charge on any atom is 0.490 e. The van der Waals surface area contributed by atoms with Gasteiger partial charge in [0.25, 0.3) is 0 Å². The van der Waals surface area contributed by atoms with Gasteiger partial charge in [-0.1, -0.05) is 0 Å². The summed E-state index contributed by atoms with van der Waals surface area (Å²) in [6.45, 7) is 6.67. The van der Waals surface area contributed by atoms with Gasteiger partial charge in [-0.05, 0) is 56.7 Å². The number of carboxylic acids is 2. The number of halogens is 6. The molecule has 0 radical (unpaired) electrons. The molecule has 4 rings (SSSR count). The second-order valence-electron chi connectivity index (χ2n) is 8.71. The Kier molecular flexibility index (Phi) is 10.3. The SMILES string of the molecule is O=C(O)C(F)(F)F.O=C(O)C(F)(F)F.c1cnc(N2CCC3(CCN(C4CCOCC4)CC3)C2)nc1. The van der Waals surface area contributed by atoms with Crippen LogP contribution in [0.3, 0.4) is 0 Å². The molecule has 0 saturated carbocycles. The third kappa shape index (κ3) is 9.08. The fourth-order valence-corrected chi connectivity index (χ4v) is 4.38. The summed E-state index contributed by atoms with van der Waals surface area (Å²) in [5.74, 6) is -4.61. The van der Waals surface area contributed by atoms with Gasteiger partial charge in [-0.3, -0.25) is 0 Å². The summed E-state index contributed by atoms with van der Waals surface area (Å²) in [6, 6.07) is 2.66. The van der Waals surface area contributed by atoms with E-state index in [4.69, 9.17) is 24.5 Å². The van der Waals surface area contributed by atoms with E-state index in [2.05, 4.69) is 19.8 Å². The summed E-state index contributed by atoms with van der Waals surface area (Å²) in [6.07, 6.45) is -0.0790. The minimum atomic E-state index is -5.08. The Labute approximate surface area is 203 Å². The summed E-state index contributed by atoms with van der Waals surface area (Å²) in [4.78, 5) is 31.7. The quantitative estimate of drug-likeness (QED) is 0.556. The van der Waals surface area contributed by atoms with Crippen molar-refractivity contribution in [2.75, 3.05) is 44.3 Å². The van der Waals surface area contributed by atoms with E-state index in [1.165, 1.54) is 45.2 Å². The lowest BCUT2D eigenvalue weighted by Gasteiger charge is -2.43. The molecule has 0 aromatic carbocycles. The smallest absolute Gasteiger partial charge is 0.475 e. The summed E-state index contributed by atoms with van der Waals surface area (Å²) in [5.41, 5.74) is 0.501. The fraction of sp³-hybridized carbons (Fsp3) is 0.714. The number of ether oxygens (including phenoxy) is 1. The molecule has 204 valence electrons. The Bertz CT molecular complexity index is 817. The van der Waals surface area contributed by atoms with Crippen LogP contribution >= 0.6 is 0 Å². The van der Waals surface area contributed by atoms with Crippen molar-refractivity contribution in [1.82, 2.24) is 14.9 Å². The van der Waals surface area contributed by atoms with Crippen molar-refractivity contribution in [1.29, 1.82) is 0 Å². The van der Waals surface area contributed by atoms with Gasteiger partial charge < -0.3 is 24.7 Å². The molecule has 3 aliphatic rings. The molecule has 1 aromatic rings. The first-order chi connectivity index (χ1) is 16.7. The number of carboxylic acid groups (broad SMARTS) is 2. The first-order valence-corrected chi connectivity index (χ1v) is 11.2. The molecule has 0 bridgehead atoms. The first kappa shape index (κ1) is 29.5. The molecule has 3 saturated heterocycles. The zero-order valence-electron chi connectivity index (χ0n) is 19.3.